The third-order valence-corrected chi connectivity index (χ3v) is 3.88. The number of likely N-dealkylation sites (N-methyl/N-ethyl adjacent to an activating group) is 1. The Labute approximate surface area is 104 Å². The van der Waals surface area contributed by atoms with E-state index in [1.54, 1.807) is 0 Å². The van der Waals surface area contributed by atoms with Crippen molar-refractivity contribution in [2.45, 2.75) is 33.1 Å². The Morgan fingerprint density at radius 1 is 1.12 bits per heavy atom. The molecule has 1 heterocycles. The Hall–Kier alpha value is -0.860. The molecule has 0 aromatic heterocycles. The van der Waals surface area contributed by atoms with Gasteiger partial charge in [0.2, 0.25) is 0 Å². The minimum absolute atomic E-state index is 0.207. The molecular weight excluding hydrogens is 210 g/mol. The highest BCUT2D eigenvalue weighted by atomic mass is 16.5. The van der Waals surface area contributed by atoms with Gasteiger partial charge in [-0.1, -0.05) is 19.1 Å². The van der Waals surface area contributed by atoms with Crippen molar-refractivity contribution in [1.29, 1.82) is 0 Å². The fourth-order valence-corrected chi connectivity index (χ4v) is 2.60. The molecule has 2 heteroatoms. The lowest BCUT2D eigenvalue weighted by Crippen LogP contribution is -2.53. The summed E-state index contributed by atoms with van der Waals surface area (Å²) in [4.78, 5) is 0. The first kappa shape index (κ1) is 12.6. The van der Waals surface area contributed by atoms with E-state index in [4.69, 9.17) is 4.74 Å². The molecule has 1 fully saturated rings. The van der Waals surface area contributed by atoms with E-state index in [1.807, 2.05) is 0 Å². The van der Waals surface area contributed by atoms with Crippen LogP contribution < -0.4 is 5.32 Å². The second kappa shape index (κ2) is 4.79. The number of hydrogen-bond acceptors (Lipinski definition) is 2. The van der Waals surface area contributed by atoms with Crippen molar-refractivity contribution >= 4 is 0 Å². The molecular formula is C15H23NO. The van der Waals surface area contributed by atoms with Crippen LogP contribution in [0.5, 0.6) is 0 Å². The summed E-state index contributed by atoms with van der Waals surface area (Å²) < 4.78 is 5.47. The fourth-order valence-electron chi connectivity index (χ4n) is 2.60. The van der Waals surface area contributed by atoms with Crippen LogP contribution in [-0.4, -0.2) is 26.3 Å². The molecule has 1 saturated heterocycles. The number of nitrogens with one attached hydrogen (secondary N) is 1. The van der Waals surface area contributed by atoms with Gasteiger partial charge in [-0.05, 0) is 49.6 Å². The second-order valence-electron chi connectivity index (χ2n) is 5.30. The lowest BCUT2D eigenvalue weighted by molar-refractivity contribution is -0.0591. The molecule has 1 aromatic rings. The smallest absolute Gasteiger partial charge is 0.0598 e. The van der Waals surface area contributed by atoms with E-state index in [-0.39, 0.29) is 5.41 Å². The lowest BCUT2D eigenvalue weighted by Gasteiger charge is -2.43. The SMILES string of the molecule is CCNCC1(c2cc(C)c(C)cc2C)COC1. The molecule has 1 N–H and O–H groups in total. The zero-order valence-corrected chi connectivity index (χ0v) is 11.4. The predicted octanol–water partition coefficient (Wildman–Crippen LogP) is 2.49. The molecule has 0 bridgehead atoms. The van der Waals surface area contributed by atoms with Crippen molar-refractivity contribution in [3.05, 3.63) is 34.4 Å². The molecule has 94 valence electrons. The van der Waals surface area contributed by atoms with Gasteiger partial charge in [-0.15, -0.1) is 0 Å². The Morgan fingerprint density at radius 3 is 2.29 bits per heavy atom. The molecule has 0 amide bonds. The summed E-state index contributed by atoms with van der Waals surface area (Å²) >= 11 is 0. The first-order chi connectivity index (χ1) is 8.09. The molecule has 2 nitrogen and oxygen atoms in total. The van der Waals surface area contributed by atoms with Gasteiger partial charge in [-0.25, -0.2) is 0 Å². The van der Waals surface area contributed by atoms with E-state index in [1.165, 1.54) is 22.3 Å². The summed E-state index contributed by atoms with van der Waals surface area (Å²) in [6, 6.07) is 4.65. The first-order valence-electron chi connectivity index (χ1n) is 6.46. The Bertz CT molecular complexity index is 408. The van der Waals surface area contributed by atoms with Crippen molar-refractivity contribution in [3.8, 4) is 0 Å². The van der Waals surface area contributed by atoms with Gasteiger partial charge in [0.1, 0.15) is 0 Å². The van der Waals surface area contributed by atoms with Crippen LogP contribution in [0.2, 0.25) is 0 Å². The molecule has 0 saturated carbocycles. The zero-order chi connectivity index (χ0) is 12.5. The topological polar surface area (TPSA) is 21.3 Å². The summed E-state index contributed by atoms with van der Waals surface area (Å²) in [6.45, 7) is 12.5. The monoisotopic (exact) mass is 233 g/mol. The highest BCUT2D eigenvalue weighted by molar-refractivity contribution is 5.42. The van der Waals surface area contributed by atoms with Crippen LogP contribution >= 0.6 is 0 Å². The maximum atomic E-state index is 5.47. The van der Waals surface area contributed by atoms with Gasteiger partial charge in [0.25, 0.3) is 0 Å². The molecule has 1 aliphatic rings. The Kier molecular flexibility index (Phi) is 3.55. The average Bonchev–Trinajstić information content (AvgIpc) is 2.23. The average molecular weight is 233 g/mol. The van der Waals surface area contributed by atoms with Gasteiger partial charge < -0.3 is 10.1 Å². The molecule has 0 atom stereocenters. The summed E-state index contributed by atoms with van der Waals surface area (Å²) in [5, 5.41) is 3.47. The van der Waals surface area contributed by atoms with E-state index in [2.05, 4.69) is 45.1 Å². The normalized spacial score (nSPS) is 17.9. The van der Waals surface area contributed by atoms with Crippen LogP contribution in [0.25, 0.3) is 0 Å². The first-order valence-corrected chi connectivity index (χ1v) is 6.46. The number of benzene rings is 1. The van der Waals surface area contributed by atoms with Crippen molar-refractivity contribution in [2.75, 3.05) is 26.3 Å². The zero-order valence-electron chi connectivity index (χ0n) is 11.4. The fraction of sp³-hybridized carbons (Fsp3) is 0.600. The van der Waals surface area contributed by atoms with Gasteiger partial charge in [0.15, 0.2) is 0 Å². The van der Waals surface area contributed by atoms with E-state index < -0.39 is 0 Å². The molecule has 0 aliphatic carbocycles. The Morgan fingerprint density at radius 2 is 1.76 bits per heavy atom. The molecule has 0 radical (unpaired) electrons. The second-order valence-corrected chi connectivity index (χ2v) is 5.30. The van der Waals surface area contributed by atoms with Crippen molar-refractivity contribution in [2.24, 2.45) is 0 Å². The predicted molar refractivity (Wildman–Crippen MR) is 71.7 cm³/mol. The van der Waals surface area contributed by atoms with E-state index >= 15 is 0 Å². The lowest BCUT2D eigenvalue weighted by atomic mass is 9.75. The maximum Gasteiger partial charge on any atom is 0.0598 e. The minimum Gasteiger partial charge on any atom is -0.379 e. The van der Waals surface area contributed by atoms with Gasteiger partial charge in [0, 0.05) is 6.54 Å². The quantitative estimate of drug-likeness (QED) is 0.862. The van der Waals surface area contributed by atoms with Gasteiger partial charge in [-0.3, -0.25) is 0 Å². The Balaban J connectivity index is 2.34. The highest BCUT2D eigenvalue weighted by Gasteiger charge is 2.40. The number of aryl methyl sites for hydroxylation is 3. The third-order valence-electron chi connectivity index (χ3n) is 3.88. The van der Waals surface area contributed by atoms with Crippen LogP contribution in [0.4, 0.5) is 0 Å². The third kappa shape index (κ3) is 2.24. The molecule has 17 heavy (non-hydrogen) atoms. The number of hydrogen-bond donors (Lipinski definition) is 1. The van der Waals surface area contributed by atoms with Crippen LogP contribution in [-0.2, 0) is 10.2 Å². The van der Waals surface area contributed by atoms with Crippen LogP contribution in [0.3, 0.4) is 0 Å². The number of rotatable bonds is 4. The summed E-state index contributed by atoms with van der Waals surface area (Å²) in [5.74, 6) is 0. The van der Waals surface area contributed by atoms with Crippen LogP contribution in [0.1, 0.15) is 29.2 Å². The van der Waals surface area contributed by atoms with Crippen molar-refractivity contribution in [3.63, 3.8) is 0 Å². The van der Waals surface area contributed by atoms with Crippen molar-refractivity contribution in [1.82, 2.24) is 5.32 Å². The summed E-state index contributed by atoms with van der Waals surface area (Å²) in [5.41, 5.74) is 5.83. The van der Waals surface area contributed by atoms with E-state index in [0.29, 0.717) is 0 Å². The minimum atomic E-state index is 0.207. The van der Waals surface area contributed by atoms with Gasteiger partial charge >= 0.3 is 0 Å². The highest BCUT2D eigenvalue weighted by Crippen LogP contribution is 2.35. The molecule has 2 rings (SSSR count). The molecule has 1 aromatic carbocycles. The van der Waals surface area contributed by atoms with Gasteiger partial charge in [0.05, 0.1) is 18.6 Å². The molecule has 0 unspecified atom stereocenters. The van der Waals surface area contributed by atoms with E-state index in [9.17, 15) is 0 Å². The molecule has 1 aliphatic heterocycles. The van der Waals surface area contributed by atoms with Crippen molar-refractivity contribution < 1.29 is 4.74 Å². The summed E-state index contributed by atoms with van der Waals surface area (Å²) in [7, 11) is 0. The van der Waals surface area contributed by atoms with Gasteiger partial charge in [-0.2, -0.15) is 0 Å². The van der Waals surface area contributed by atoms with Crippen LogP contribution in [0, 0.1) is 20.8 Å². The van der Waals surface area contributed by atoms with E-state index in [0.717, 1.165) is 26.3 Å². The largest absolute Gasteiger partial charge is 0.379 e. The summed E-state index contributed by atoms with van der Waals surface area (Å²) in [6.07, 6.45) is 0. The maximum absolute atomic E-state index is 5.47. The number of ether oxygens (including phenoxy) is 1. The molecule has 0 spiro atoms. The standard InChI is InChI=1S/C15H23NO/c1-5-16-8-15(9-17-10-15)14-7-12(3)11(2)6-13(14)4/h6-7,16H,5,8-10H2,1-4H3. The van der Waals surface area contributed by atoms with Crippen LogP contribution in [0.15, 0.2) is 12.1 Å².